The average Bonchev–Trinajstić information content (AvgIpc) is 2.81. The number of nitrogens with one attached hydrogen (secondary N) is 2. The molecule has 2 heterocycles. The Kier molecular flexibility index (Phi) is 6.69. The van der Waals surface area contributed by atoms with E-state index in [-0.39, 0.29) is 0 Å². The van der Waals surface area contributed by atoms with Gasteiger partial charge in [0.15, 0.2) is 0 Å². The van der Waals surface area contributed by atoms with Crippen molar-refractivity contribution in [3.63, 3.8) is 0 Å². The molecule has 0 bridgehead atoms. The lowest BCUT2D eigenvalue weighted by molar-refractivity contribution is 0.368. The molecule has 0 aliphatic carbocycles. The zero-order chi connectivity index (χ0) is 11.6. The topological polar surface area (TPSA) is 57.4 Å². The van der Waals surface area contributed by atoms with Gasteiger partial charge in [-0.1, -0.05) is 0 Å². The summed E-state index contributed by atoms with van der Waals surface area (Å²) in [6.07, 6.45) is 10.2. The van der Waals surface area contributed by atoms with E-state index in [2.05, 4.69) is 19.9 Å². The highest BCUT2D eigenvalue weighted by Gasteiger charge is 2.20. The third-order valence-electron chi connectivity index (χ3n) is 0.812. The third kappa shape index (κ3) is 18.9. The van der Waals surface area contributed by atoms with E-state index in [9.17, 15) is 17.3 Å². The summed E-state index contributed by atoms with van der Waals surface area (Å²) in [6.45, 7) is 0. The number of halogens is 4. The highest BCUT2D eigenvalue weighted by molar-refractivity contribution is 6.50. The molecule has 4 nitrogen and oxygen atoms in total. The van der Waals surface area contributed by atoms with Crippen LogP contribution in [0.5, 0.6) is 0 Å². The quantitative estimate of drug-likeness (QED) is 0.530. The van der Waals surface area contributed by atoms with Crippen LogP contribution in [0.15, 0.2) is 37.4 Å². The van der Waals surface area contributed by atoms with Crippen molar-refractivity contribution in [2.45, 2.75) is 0 Å². The second-order valence-electron chi connectivity index (χ2n) is 2.02. The smallest absolute Gasteiger partial charge is 0.418 e. The van der Waals surface area contributed by atoms with Crippen LogP contribution >= 0.6 is 0 Å². The fourth-order valence-corrected chi connectivity index (χ4v) is 0.430. The Hall–Kier alpha value is -1.80. The van der Waals surface area contributed by atoms with Crippen LogP contribution in [0, 0.1) is 0 Å². The summed E-state index contributed by atoms with van der Waals surface area (Å²) in [6, 6.07) is 0. The number of rotatable bonds is 0. The van der Waals surface area contributed by atoms with E-state index in [0.29, 0.717) is 0 Å². The maximum absolute atomic E-state index is 9.75. The van der Waals surface area contributed by atoms with Crippen LogP contribution in [-0.2, 0) is 0 Å². The van der Waals surface area contributed by atoms with Gasteiger partial charge in [0.2, 0.25) is 0 Å². The Morgan fingerprint density at radius 3 is 1.20 bits per heavy atom. The van der Waals surface area contributed by atoms with Gasteiger partial charge in [-0.25, -0.2) is 9.97 Å². The molecule has 0 amide bonds. The van der Waals surface area contributed by atoms with Crippen LogP contribution in [0.4, 0.5) is 17.3 Å². The SMILES string of the molecule is F[B-](F)(F)F.c1c[nH]cn1.c1c[nH]cn1. The van der Waals surface area contributed by atoms with Gasteiger partial charge < -0.3 is 27.2 Å². The highest BCUT2D eigenvalue weighted by Crippen LogP contribution is 2.06. The van der Waals surface area contributed by atoms with E-state index in [1.807, 2.05) is 0 Å². The zero-order valence-corrected chi connectivity index (χ0v) is 7.45. The lowest BCUT2D eigenvalue weighted by Crippen LogP contribution is -2.02. The minimum atomic E-state index is -6.00. The van der Waals surface area contributed by atoms with Crippen LogP contribution in [0.3, 0.4) is 0 Å². The molecule has 2 aromatic heterocycles. The predicted molar refractivity (Wildman–Crippen MR) is 47.4 cm³/mol. The molecule has 2 rings (SSSR count). The largest absolute Gasteiger partial charge is 0.673 e. The van der Waals surface area contributed by atoms with Gasteiger partial charge >= 0.3 is 7.25 Å². The average molecular weight is 223 g/mol. The molecule has 0 unspecified atom stereocenters. The molecule has 0 aromatic carbocycles. The van der Waals surface area contributed by atoms with E-state index in [4.69, 9.17) is 0 Å². The Bertz CT molecular complexity index is 227. The minimum Gasteiger partial charge on any atom is -0.418 e. The molecule has 0 aliphatic rings. The van der Waals surface area contributed by atoms with Crippen molar-refractivity contribution >= 4 is 7.25 Å². The van der Waals surface area contributed by atoms with Crippen molar-refractivity contribution in [2.75, 3.05) is 0 Å². The summed E-state index contributed by atoms with van der Waals surface area (Å²) in [7, 11) is -6.00. The third-order valence-corrected chi connectivity index (χ3v) is 0.812. The first-order valence-electron chi connectivity index (χ1n) is 3.73. The molecule has 84 valence electrons. The zero-order valence-electron chi connectivity index (χ0n) is 7.45. The fourth-order valence-electron chi connectivity index (χ4n) is 0.430. The van der Waals surface area contributed by atoms with Crippen LogP contribution < -0.4 is 0 Å². The van der Waals surface area contributed by atoms with Gasteiger partial charge in [0.25, 0.3) is 0 Å². The first-order chi connectivity index (χ1) is 7.00. The van der Waals surface area contributed by atoms with Gasteiger partial charge in [-0.2, -0.15) is 0 Å². The van der Waals surface area contributed by atoms with E-state index in [0.717, 1.165) is 0 Å². The molecule has 15 heavy (non-hydrogen) atoms. The van der Waals surface area contributed by atoms with Crippen LogP contribution in [-0.4, -0.2) is 27.2 Å². The normalized spacial score (nSPS) is 9.33. The summed E-state index contributed by atoms with van der Waals surface area (Å²) >= 11 is 0. The second kappa shape index (κ2) is 7.59. The van der Waals surface area contributed by atoms with Crippen LogP contribution in [0.25, 0.3) is 0 Å². The van der Waals surface area contributed by atoms with E-state index >= 15 is 0 Å². The van der Waals surface area contributed by atoms with Crippen LogP contribution in [0.2, 0.25) is 0 Å². The number of hydrogen-bond acceptors (Lipinski definition) is 2. The predicted octanol–water partition coefficient (Wildman–Crippen LogP) is 2.12. The first kappa shape index (κ1) is 13.2. The number of aromatic nitrogens is 4. The number of imidazole rings is 2. The molecular formula is C6H8BF4N4-. The number of nitrogens with zero attached hydrogens (tertiary/aromatic N) is 2. The van der Waals surface area contributed by atoms with E-state index in [1.165, 1.54) is 0 Å². The maximum Gasteiger partial charge on any atom is 0.673 e. The van der Waals surface area contributed by atoms with Gasteiger partial charge in [0, 0.05) is 24.8 Å². The Morgan fingerprint density at radius 2 is 1.13 bits per heavy atom. The summed E-state index contributed by atoms with van der Waals surface area (Å²) in [5.74, 6) is 0. The lowest BCUT2D eigenvalue weighted by atomic mass is 10.3. The van der Waals surface area contributed by atoms with Crippen molar-refractivity contribution in [1.82, 2.24) is 19.9 Å². The lowest BCUT2D eigenvalue weighted by Gasteiger charge is -1.94. The van der Waals surface area contributed by atoms with Crippen molar-refractivity contribution in [3.8, 4) is 0 Å². The van der Waals surface area contributed by atoms with Crippen molar-refractivity contribution in [2.24, 2.45) is 0 Å². The molecule has 0 aliphatic heterocycles. The summed E-state index contributed by atoms with van der Waals surface area (Å²) in [4.78, 5) is 12.8. The van der Waals surface area contributed by atoms with Gasteiger partial charge in [-0.15, -0.1) is 0 Å². The van der Waals surface area contributed by atoms with Crippen molar-refractivity contribution in [1.29, 1.82) is 0 Å². The number of hydrogen-bond donors (Lipinski definition) is 2. The molecule has 0 saturated heterocycles. The summed E-state index contributed by atoms with van der Waals surface area (Å²) in [5.41, 5.74) is 0. The molecule has 0 radical (unpaired) electrons. The molecule has 0 atom stereocenters. The van der Waals surface area contributed by atoms with Gasteiger partial charge in [0.1, 0.15) is 0 Å². The summed E-state index contributed by atoms with van der Waals surface area (Å²) < 4.78 is 39.0. The molecule has 2 aromatic rings. The molecule has 9 heteroatoms. The molecule has 0 spiro atoms. The Morgan fingerprint density at radius 1 is 0.800 bits per heavy atom. The van der Waals surface area contributed by atoms with Crippen molar-refractivity contribution in [3.05, 3.63) is 37.4 Å². The van der Waals surface area contributed by atoms with Crippen molar-refractivity contribution < 1.29 is 17.3 Å². The standard InChI is InChI=1S/2C3H4N2.BF4/c2*1-2-5-3-4-1;2-1(3,4)5/h2*1-3H,(H,4,5);/q;;-1. The van der Waals surface area contributed by atoms with Crippen LogP contribution in [0.1, 0.15) is 0 Å². The van der Waals surface area contributed by atoms with Gasteiger partial charge in [0.05, 0.1) is 12.7 Å². The Labute approximate surface area is 82.9 Å². The van der Waals surface area contributed by atoms with Gasteiger partial charge in [-0.05, 0) is 0 Å². The number of H-pyrrole nitrogens is 2. The molecular weight excluding hydrogens is 215 g/mol. The maximum atomic E-state index is 9.75. The molecule has 0 fully saturated rings. The minimum absolute atomic E-state index is 1.62. The van der Waals surface area contributed by atoms with E-state index < -0.39 is 7.25 Å². The highest BCUT2D eigenvalue weighted by atomic mass is 19.5. The molecule has 2 N–H and O–H groups in total. The second-order valence-corrected chi connectivity index (χ2v) is 2.02. The number of aromatic amines is 2. The fraction of sp³-hybridized carbons (Fsp3) is 0. The first-order valence-corrected chi connectivity index (χ1v) is 3.73. The summed E-state index contributed by atoms with van der Waals surface area (Å²) in [5, 5.41) is 0. The Balaban J connectivity index is 0.000000196. The monoisotopic (exact) mass is 223 g/mol. The molecule has 0 saturated carbocycles. The van der Waals surface area contributed by atoms with E-state index in [1.54, 1.807) is 37.4 Å². The van der Waals surface area contributed by atoms with Gasteiger partial charge in [-0.3, -0.25) is 0 Å².